The number of morpholine rings is 1. The van der Waals surface area contributed by atoms with Crippen molar-refractivity contribution in [3.63, 3.8) is 0 Å². The molecule has 4 rings (SSSR count). The minimum absolute atomic E-state index is 0.00913. The van der Waals surface area contributed by atoms with E-state index < -0.39 is 29.0 Å². The van der Waals surface area contributed by atoms with E-state index in [2.05, 4.69) is 15.5 Å². The topological polar surface area (TPSA) is 137 Å². The van der Waals surface area contributed by atoms with Crippen molar-refractivity contribution in [1.29, 1.82) is 5.41 Å². The van der Waals surface area contributed by atoms with E-state index in [1.807, 2.05) is 6.92 Å². The molecule has 2 aliphatic heterocycles. The highest BCUT2D eigenvalue weighted by Gasteiger charge is 2.27. The summed E-state index contributed by atoms with van der Waals surface area (Å²) in [4.78, 5) is 43.2. The first-order chi connectivity index (χ1) is 22.7. The second-order valence-electron chi connectivity index (χ2n) is 10.2. The number of hydrogen-bond donors (Lipinski definition) is 3. The molecule has 3 N–H and O–H groups in total. The van der Waals surface area contributed by atoms with Crippen LogP contribution in [0.1, 0.15) is 6.92 Å². The van der Waals surface area contributed by atoms with Gasteiger partial charge in [0.15, 0.2) is 17.3 Å². The molecule has 2 aromatic rings. The van der Waals surface area contributed by atoms with Gasteiger partial charge in [-0.1, -0.05) is 0 Å². The van der Waals surface area contributed by atoms with E-state index >= 15 is 4.39 Å². The Bertz CT molecular complexity index is 1580. The molecule has 0 radical (unpaired) electrons. The Hall–Kier alpha value is -5.34. The van der Waals surface area contributed by atoms with Crippen LogP contribution in [-0.4, -0.2) is 87.3 Å². The average Bonchev–Trinajstić information content (AvgIpc) is 3.07. The Morgan fingerprint density at radius 3 is 2.55 bits per heavy atom. The van der Waals surface area contributed by atoms with E-state index in [1.165, 1.54) is 36.5 Å². The van der Waals surface area contributed by atoms with E-state index in [0.717, 1.165) is 30.1 Å². The molecule has 1 fully saturated rings. The van der Waals surface area contributed by atoms with Crippen molar-refractivity contribution in [2.24, 2.45) is 0 Å². The van der Waals surface area contributed by atoms with E-state index in [0.29, 0.717) is 56.7 Å². The highest BCUT2D eigenvalue weighted by atomic mass is 19.1. The first-order valence-corrected chi connectivity index (χ1v) is 14.8. The normalized spacial score (nSPS) is 15.6. The second-order valence-corrected chi connectivity index (χ2v) is 10.2. The number of likely N-dealkylation sites (N-methyl/N-ethyl adjacent to an activating group) is 1. The fraction of sp³-hybridized carbons (Fsp3) is 0.273. The van der Waals surface area contributed by atoms with Gasteiger partial charge in [-0.2, -0.15) is 0 Å². The molecule has 2 aromatic carbocycles. The summed E-state index contributed by atoms with van der Waals surface area (Å²) in [6, 6.07) is 8.34. The van der Waals surface area contributed by atoms with Gasteiger partial charge in [0.25, 0.3) is 11.8 Å². The van der Waals surface area contributed by atoms with Crippen LogP contribution < -0.4 is 20.3 Å². The fourth-order valence-electron chi connectivity index (χ4n) is 4.56. The van der Waals surface area contributed by atoms with Crippen molar-refractivity contribution in [3.8, 4) is 5.75 Å². The number of carbonyl (C=O) groups excluding carboxylic acids is 3. The number of ether oxygens (including phenoxy) is 3. The summed E-state index contributed by atoms with van der Waals surface area (Å²) in [6.45, 7) is 5.39. The Labute approximate surface area is 271 Å². The molecule has 0 aliphatic carbocycles. The minimum Gasteiger partial charge on any atom is -0.452 e. The van der Waals surface area contributed by atoms with Gasteiger partial charge in [0.05, 0.1) is 36.9 Å². The largest absolute Gasteiger partial charge is 0.452 e. The lowest BCUT2D eigenvalue weighted by Crippen LogP contribution is -2.37. The van der Waals surface area contributed by atoms with Gasteiger partial charge in [0.1, 0.15) is 11.4 Å². The molecule has 0 atom stereocenters. The van der Waals surface area contributed by atoms with E-state index in [9.17, 15) is 18.8 Å². The number of halogens is 2. The maximum absolute atomic E-state index is 15.4. The number of allylic oxidation sites excluding steroid dienone is 2. The number of nitrogens with one attached hydrogen (secondary N) is 3. The van der Waals surface area contributed by atoms with Gasteiger partial charge in [-0.05, 0) is 49.4 Å². The summed E-state index contributed by atoms with van der Waals surface area (Å²) >= 11 is 0. The fourth-order valence-corrected chi connectivity index (χ4v) is 4.56. The van der Waals surface area contributed by atoms with Crippen molar-refractivity contribution in [2.45, 2.75) is 6.92 Å². The van der Waals surface area contributed by atoms with Gasteiger partial charge in [0, 0.05) is 69.7 Å². The van der Waals surface area contributed by atoms with Crippen LogP contribution in [0, 0.1) is 17.0 Å². The third-order valence-corrected chi connectivity index (χ3v) is 7.00. The molecule has 3 amide bonds. The van der Waals surface area contributed by atoms with Crippen LogP contribution in [0.15, 0.2) is 89.7 Å². The number of hydrogen-bond acceptors (Lipinski definition) is 10. The summed E-state index contributed by atoms with van der Waals surface area (Å²) in [6.07, 6.45) is 7.52. The molecule has 0 saturated carbocycles. The van der Waals surface area contributed by atoms with Crippen molar-refractivity contribution in [1.82, 2.24) is 15.1 Å². The molecule has 0 bridgehead atoms. The number of rotatable bonds is 14. The third kappa shape index (κ3) is 9.34. The maximum atomic E-state index is 15.4. The van der Waals surface area contributed by atoms with Gasteiger partial charge in [-0.25, -0.2) is 13.7 Å². The highest BCUT2D eigenvalue weighted by molar-refractivity contribution is 6.30. The van der Waals surface area contributed by atoms with E-state index in [-0.39, 0.29) is 29.3 Å². The number of anilines is 2. The van der Waals surface area contributed by atoms with Crippen LogP contribution in [0.4, 0.5) is 20.2 Å². The molecule has 1 saturated heterocycles. The van der Waals surface area contributed by atoms with Crippen LogP contribution in [0.25, 0.3) is 0 Å². The predicted octanol–water partition coefficient (Wildman–Crippen LogP) is 3.52. The van der Waals surface area contributed by atoms with Crippen molar-refractivity contribution < 1.29 is 37.4 Å². The first kappa shape index (κ1) is 34.5. The van der Waals surface area contributed by atoms with Gasteiger partial charge in [-0.15, -0.1) is 0 Å². The molecular formula is C33H36F2N6O6. The molecule has 47 heavy (non-hydrogen) atoms. The Kier molecular flexibility index (Phi) is 12.4. The SMILES string of the molecule is CCOCCN(C)/C=C(/C(=O)Nc1ccc(OC2=CC(N3CCOCC3)=CN/C2=C\C=N)c(F)c1)C(=O)N(C=O)c1ccc(F)cc1. The smallest absolute Gasteiger partial charge is 0.271 e. The lowest BCUT2D eigenvalue weighted by Gasteiger charge is -2.32. The second kappa shape index (κ2) is 16.8. The lowest BCUT2D eigenvalue weighted by atomic mass is 10.2. The molecule has 12 nitrogen and oxygen atoms in total. The molecule has 248 valence electrons. The van der Waals surface area contributed by atoms with Crippen LogP contribution in [0.2, 0.25) is 0 Å². The predicted molar refractivity (Wildman–Crippen MR) is 171 cm³/mol. The van der Waals surface area contributed by atoms with Crippen LogP contribution in [-0.2, 0) is 23.9 Å². The molecule has 0 aromatic heterocycles. The molecule has 0 unspecified atom stereocenters. The monoisotopic (exact) mass is 650 g/mol. The summed E-state index contributed by atoms with van der Waals surface area (Å²) in [5.41, 5.74) is 0.855. The Morgan fingerprint density at radius 2 is 1.89 bits per heavy atom. The van der Waals surface area contributed by atoms with Gasteiger partial charge < -0.3 is 40.1 Å². The quantitative estimate of drug-likeness (QED) is 0.0701. The molecule has 2 heterocycles. The summed E-state index contributed by atoms with van der Waals surface area (Å²) in [7, 11) is 1.62. The minimum atomic E-state index is -0.987. The summed E-state index contributed by atoms with van der Waals surface area (Å²) in [5.74, 6) is -3.17. The first-order valence-electron chi connectivity index (χ1n) is 14.8. The number of dihydropyridines is 1. The van der Waals surface area contributed by atoms with E-state index in [1.54, 1.807) is 24.2 Å². The van der Waals surface area contributed by atoms with Crippen molar-refractivity contribution in [2.75, 3.05) is 63.3 Å². The number of amides is 3. The molecule has 2 aliphatic rings. The van der Waals surface area contributed by atoms with E-state index in [4.69, 9.17) is 19.6 Å². The van der Waals surface area contributed by atoms with Crippen LogP contribution in [0.5, 0.6) is 5.75 Å². The molecule has 14 heteroatoms. The highest BCUT2D eigenvalue weighted by Crippen LogP contribution is 2.28. The zero-order chi connectivity index (χ0) is 33.8. The van der Waals surface area contributed by atoms with Gasteiger partial charge in [-0.3, -0.25) is 14.4 Å². The number of benzene rings is 2. The zero-order valence-corrected chi connectivity index (χ0v) is 26.0. The number of imide groups is 1. The van der Waals surface area contributed by atoms with Gasteiger partial charge in [0.2, 0.25) is 6.41 Å². The Morgan fingerprint density at radius 1 is 1.15 bits per heavy atom. The standard InChI is InChI=1S/C33H36F2N6O6/c1-3-45-15-12-39(2)21-27(33(44)41(22-42)25-7-4-23(34)5-8-25)32(43)38-24-6-9-30(28(35)18-24)47-31-19-26(20-37-29(31)10-11-36)40-13-16-46-17-14-40/h4-11,18-22,36-37H,3,12-17H2,1-2H3,(H,38,43)/b27-21-,29-10-,36-11?. The van der Waals surface area contributed by atoms with Crippen LogP contribution in [0.3, 0.4) is 0 Å². The van der Waals surface area contributed by atoms with Crippen molar-refractivity contribution >= 4 is 35.8 Å². The molecule has 0 spiro atoms. The third-order valence-electron chi connectivity index (χ3n) is 7.00. The zero-order valence-electron chi connectivity index (χ0n) is 26.0. The lowest BCUT2D eigenvalue weighted by molar-refractivity contribution is -0.121. The van der Waals surface area contributed by atoms with Gasteiger partial charge >= 0.3 is 0 Å². The summed E-state index contributed by atoms with van der Waals surface area (Å²) < 4.78 is 45.5. The maximum Gasteiger partial charge on any atom is 0.271 e. The number of carbonyl (C=O) groups is 3. The van der Waals surface area contributed by atoms with Crippen molar-refractivity contribution in [3.05, 3.63) is 101 Å². The number of nitrogens with zero attached hydrogens (tertiary/aromatic N) is 3. The average molecular weight is 651 g/mol. The molecular weight excluding hydrogens is 614 g/mol. The van der Waals surface area contributed by atoms with Crippen LogP contribution >= 0.6 is 0 Å². The summed E-state index contributed by atoms with van der Waals surface area (Å²) in [5, 5.41) is 13.1. The Balaban J connectivity index is 1.56.